The molecule has 2 aromatic carbocycles. The molecule has 0 saturated carbocycles. The summed E-state index contributed by atoms with van der Waals surface area (Å²) in [4.78, 5) is 12.2. The van der Waals surface area contributed by atoms with Gasteiger partial charge in [0.15, 0.2) is 0 Å². The number of halogens is 2. The van der Waals surface area contributed by atoms with E-state index in [1.54, 1.807) is 0 Å². The van der Waals surface area contributed by atoms with Gasteiger partial charge in [-0.1, -0.05) is 70.7 Å². The second-order valence-electron chi connectivity index (χ2n) is 8.63. The third-order valence-electron chi connectivity index (χ3n) is 5.29. The zero-order valence-electron chi connectivity index (χ0n) is 19.1. The molecule has 0 aliphatic heterocycles. The summed E-state index contributed by atoms with van der Waals surface area (Å²) in [5, 5.41) is 5.35. The molecule has 3 nitrogen and oxygen atoms in total. The molecule has 0 aliphatic rings. The predicted octanol–water partition coefficient (Wildman–Crippen LogP) is 7.04. The number of anilines is 1. The van der Waals surface area contributed by atoms with Crippen LogP contribution in [0.2, 0.25) is 0 Å². The number of nitrogens with one attached hydrogen (secondary N) is 2. The highest BCUT2D eigenvalue weighted by Crippen LogP contribution is 2.24. The van der Waals surface area contributed by atoms with E-state index >= 15 is 0 Å². The first-order chi connectivity index (χ1) is 14.9. The second-order valence-corrected chi connectivity index (χ2v) is 8.63. The van der Waals surface area contributed by atoms with E-state index in [0.29, 0.717) is 30.9 Å². The summed E-state index contributed by atoms with van der Waals surface area (Å²) < 4.78 is 28.2. The normalized spacial score (nSPS) is 11.0. The molecule has 0 fully saturated rings. The number of rotatable bonds is 12. The second kappa shape index (κ2) is 13.1. The maximum absolute atomic E-state index is 14.4. The first-order valence-electron chi connectivity index (χ1n) is 11.5. The van der Waals surface area contributed by atoms with Crippen molar-refractivity contribution in [2.45, 2.75) is 72.1 Å². The smallest absolute Gasteiger partial charge is 0.319 e. The first kappa shape index (κ1) is 24.8. The molecular formula is C26H36F2N2O. The topological polar surface area (TPSA) is 41.1 Å². The molecule has 0 aliphatic carbocycles. The zero-order chi connectivity index (χ0) is 22.6. The minimum Gasteiger partial charge on any atom is -0.338 e. The lowest BCUT2D eigenvalue weighted by atomic mass is 9.98. The van der Waals surface area contributed by atoms with Crippen LogP contribution in [0.3, 0.4) is 0 Å². The fourth-order valence-electron chi connectivity index (χ4n) is 3.64. The maximum atomic E-state index is 14.4. The lowest BCUT2D eigenvalue weighted by Crippen LogP contribution is -2.30. The van der Waals surface area contributed by atoms with Gasteiger partial charge >= 0.3 is 6.03 Å². The largest absolute Gasteiger partial charge is 0.338 e. The SMILES string of the molecule is CCCCCCCNC(=O)Nc1c(F)cc(F)cc1CCc1ccc(CC(C)C)cc1. The van der Waals surface area contributed by atoms with Crippen LogP contribution in [0.1, 0.15) is 69.6 Å². The first-order valence-corrected chi connectivity index (χ1v) is 11.5. The Hall–Kier alpha value is -2.43. The summed E-state index contributed by atoms with van der Waals surface area (Å²) in [7, 11) is 0. The summed E-state index contributed by atoms with van der Waals surface area (Å²) >= 11 is 0. The van der Waals surface area contributed by atoms with Crippen molar-refractivity contribution in [3.8, 4) is 0 Å². The fourth-order valence-corrected chi connectivity index (χ4v) is 3.64. The number of aryl methyl sites for hydroxylation is 2. The Kier molecular flexibility index (Phi) is 10.5. The van der Waals surface area contributed by atoms with Gasteiger partial charge in [0.2, 0.25) is 0 Å². The van der Waals surface area contributed by atoms with Crippen LogP contribution < -0.4 is 10.6 Å². The molecule has 0 atom stereocenters. The van der Waals surface area contributed by atoms with E-state index < -0.39 is 17.7 Å². The summed E-state index contributed by atoms with van der Waals surface area (Å²) in [5.74, 6) is -0.792. The number of benzene rings is 2. The number of unbranched alkanes of at least 4 members (excludes halogenated alkanes) is 4. The van der Waals surface area contributed by atoms with Gasteiger partial charge in [0, 0.05) is 12.6 Å². The average Bonchev–Trinajstić information content (AvgIpc) is 2.72. The van der Waals surface area contributed by atoms with Crippen molar-refractivity contribution in [3.63, 3.8) is 0 Å². The Balaban J connectivity index is 1.95. The van der Waals surface area contributed by atoms with Crippen molar-refractivity contribution >= 4 is 11.7 Å². The van der Waals surface area contributed by atoms with E-state index in [9.17, 15) is 13.6 Å². The lowest BCUT2D eigenvalue weighted by Gasteiger charge is -2.14. The van der Waals surface area contributed by atoms with Crippen LogP contribution >= 0.6 is 0 Å². The number of urea groups is 1. The molecule has 2 rings (SSSR count). The van der Waals surface area contributed by atoms with Crippen LogP contribution in [-0.4, -0.2) is 12.6 Å². The Morgan fingerprint density at radius 1 is 0.935 bits per heavy atom. The molecule has 0 aromatic heterocycles. The van der Waals surface area contributed by atoms with Crippen LogP contribution in [0.25, 0.3) is 0 Å². The molecule has 0 unspecified atom stereocenters. The van der Waals surface area contributed by atoms with Crippen LogP contribution in [0, 0.1) is 17.6 Å². The number of hydrogen-bond donors (Lipinski definition) is 2. The predicted molar refractivity (Wildman–Crippen MR) is 125 cm³/mol. The van der Waals surface area contributed by atoms with Crippen molar-refractivity contribution in [3.05, 3.63) is 64.7 Å². The van der Waals surface area contributed by atoms with Gasteiger partial charge < -0.3 is 10.6 Å². The Labute approximate surface area is 185 Å². The monoisotopic (exact) mass is 430 g/mol. The Morgan fingerprint density at radius 2 is 1.61 bits per heavy atom. The molecule has 2 N–H and O–H groups in total. The lowest BCUT2D eigenvalue weighted by molar-refractivity contribution is 0.251. The number of hydrogen-bond acceptors (Lipinski definition) is 1. The van der Waals surface area contributed by atoms with Gasteiger partial charge in [-0.15, -0.1) is 0 Å². The minimum atomic E-state index is -0.750. The molecule has 0 bridgehead atoms. The summed E-state index contributed by atoms with van der Waals surface area (Å²) in [6.07, 6.45) is 7.55. The van der Waals surface area contributed by atoms with E-state index in [1.165, 1.54) is 24.5 Å². The highest BCUT2D eigenvalue weighted by Gasteiger charge is 2.14. The van der Waals surface area contributed by atoms with Gasteiger partial charge in [-0.3, -0.25) is 0 Å². The molecule has 170 valence electrons. The van der Waals surface area contributed by atoms with Crippen LogP contribution in [0.4, 0.5) is 19.3 Å². The highest BCUT2D eigenvalue weighted by molar-refractivity contribution is 5.90. The van der Waals surface area contributed by atoms with Crippen LogP contribution in [0.5, 0.6) is 0 Å². The highest BCUT2D eigenvalue weighted by atomic mass is 19.1. The molecule has 31 heavy (non-hydrogen) atoms. The van der Waals surface area contributed by atoms with Gasteiger partial charge in [0.05, 0.1) is 5.69 Å². The third-order valence-corrected chi connectivity index (χ3v) is 5.29. The van der Waals surface area contributed by atoms with Crippen molar-refractivity contribution in [2.24, 2.45) is 5.92 Å². The van der Waals surface area contributed by atoms with Crippen molar-refractivity contribution < 1.29 is 13.6 Å². The van der Waals surface area contributed by atoms with E-state index in [-0.39, 0.29) is 5.69 Å². The van der Waals surface area contributed by atoms with E-state index in [1.807, 2.05) is 0 Å². The summed E-state index contributed by atoms with van der Waals surface area (Å²) in [6.45, 7) is 7.06. The molecule has 5 heteroatoms. The van der Waals surface area contributed by atoms with Gasteiger partial charge in [-0.2, -0.15) is 0 Å². The van der Waals surface area contributed by atoms with Crippen LogP contribution in [-0.2, 0) is 19.3 Å². The van der Waals surface area contributed by atoms with Gasteiger partial charge in [-0.25, -0.2) is 13.6 Å². The molecule has 0 spiro atoms. The van der Waals surface area contributed by atoms with Gasteiger partial charge in [0.25, 0.3) is 0 Å². The molecule has 0 saturated heterocycles. The van der Waals surface area contributed by atoms with E-state index in [4.69, 9.17) is 0 Å². The number of carbonyl (C=O) groups excluding carboxylic acids is 1. The zero-order valence-corrected chi connectivity index (χ0v) is 19.1. The molecular weight excluding hydrogens is 394 g/mol. The number of carbonyl (C=O) groups is 1. The van der Waals surface area contributed by atoms with E-state index in [0.717, 1.165) is 37.3 Å². The van der Waals surface area contributed by atoms with Crippen LogP contribution in [0.15, 0.2) is 36.4 Å². The number of amides is 2. The van der Waals surface area contributed by atoms with Gasteiger partial charge in [-0.05, 0) is 54.4 Å². The minimum absolute atomic E-state index is 0.0568. The standard InChI is InChI=1S/C26H36F2N2O/c1-4-5-6-7-8-15-29-26(31)30-25-22(17-23(27)18-24(25)28)14-13-20-9-11-21(12-10-20)16-19(2)3/h9-12,17-19H,4-8,13-16H2,1-3H3,(H2,29,30,31). The maximum Gasteiger partial charge on any atom is 0.319 e. The molecule has 0 heterocycles. The van der Waals surface area contributed by atoms with Crippen molar-refractivity contribution in [1.82, 2.24) is 5.32 Å². The summed E-state index contributed by atoms with van der Waals surface area (Å²) in [5.41, 5.74) is 2.90. The van der Waals surface area contributed by atoms with Gasteiger partial charge in [0.1, 0.15) is 11.6 Å². The summed E-state index contributed by atoms with van der Waals surface area (Å²) in [6, 6.07) is 9.99. The van der Waals surface area contributed by atoms with E-state index in [2.05, 4.69) is 55.7 Å². The Bertz CT molecular complexity index is 819. The quantitative estimate of drug-likeness (QED) is 0.348. The molecule has 2 amide bonds. The average molecular weight is 431 g/mol. The fraction of sp³-hybridized carbons (Fsp3) is 0.500. The molecule has 2 aromatic rings. The third kappa shape index (κ3) is 9.07. The van der Waals surface area contributed by atoms with Crippen molar-refractivity contribution in [2.75, 3.05) is 11.9 Å². The van der Waals surface area contributed by atoms with Crippen molar-refractivity contribution in [1.29, 1.82) is 0 Å². The molecule has 0 radical (unpaired) electrons. The Morgan fingerprint density at radius 3 is 2.29 bits per heavy atom.